The van der Waals surface area contributed by atoms with Crippen LogP contribution in [0.25, 0.3) is 0 Å². The Morgan fingerprint density at radius 2 is 2.10 bits per heavy atom. The minimum atomic E-state index is 0. The van der Waals surface area contributed by atoms with Crippen molar-refractivity contribution in [3.63, 3.8) is 0 Å². The first-order valence-corrected chi connectivity index (χ1v) is 8.46. The Hall–Kier alpha value is -0.160. The van der Waals surface area contributed by atoms with Crippen LogP contribution < -0.4 is 5.32 Å². The van der Waals surface area contributed by atoms with Gasteiger partial charge in [0.25, 0.3) is 0 Å². The van der Waals surface area contributed by atoms with Crippen LogP contribution in [0.1, 0.15) is 55.3 Å². The van der Waals surface area contributed by atoms with Gasteiger partial charge in [0.2, 0.25) is 0 Å². The smallest absolute Gasteiger partial charge is 0.0959 e. The standard InChI is InChI=1S/C15H25N3S.ClH/c1-11-9-18(12(2)7-16-11)10-14-8-17-15(19-14)13-5-3-4-6-13;/h8,11-13,16H,3-7,9-10H2,1-2H3;1H. The van der Waals surface area contributed by atoms with Crippen molar-refractivity contribution in [1.29, 1.82) is 0 Å². The number of aromatic nitrogens is 1. The molecule has 2 aliphatic rings. The normalized spacial score (nSPS) is 28.5. The molecule has 3 nitrogen and oxygen atoms in total. The van der Waals surface area contributed by atoms with Crippen molar-refractivity contribution in [3.05, 3.63) is 16.1 Å². The molecule has 1 aliphatic carbocycles. The van der Waals surface area contributed by atoms with Crippen LogP contribution in [0.2, 0.25) is 0 Å². The third kappa shape index (κ3) is 3.73. The summed E-state index contributed by atoms with van der Waals surface area (Å²) in [7, 11) is 0. The fourth-order valence-corrected chi connectivity index (χ4v) is 4.39. The number of halogens is 1. The second-order valence-corrected chi connectivity index (χ2v) is 7.38. The van der Waals surface area contributed by atoms with E-state index in [-0.39, 0.29) is 12.4 Å². The summed E-state index contributed by atoms with van der Waals surface area (Å²) in [5, 5.41) is 4.94. The molecule has 2 fully saturated rings. The molecule has 1 saturated carbocycles. The molecule has 3 rings (SSSR count). The van der Waals surface area contributed by atoms with Crippen molar-refractivity contribution < 1.29 is 0 Å². The molecule has 1 saturated heterocycles. The lowest BCUT2D eigenvalue weighted by Gasteiger charge is -2.37. The molecule has 5 heteroatoms. The number of nitrogens with zero attached hydrogens (tertiary/aromatic N) is 2. The van der Waals surface area contributed by atoms with E-state index in [9.17, 15) is 0 Å². The Kier molecular flexibility index (Phi) is 5.84. The van der Waals surface area contributed by atoms with Crippen LogP contribution in [0.5, 0.6) is 0 Å². The summed E-state index contributed by atoms with van der Waals surface area (Å²) in [6.07, 6.45) is 7.62. The van der Waals surface area contributed by atoms with Crippen molar-refractivity contribution in [2.75, 3.05) is 13.1 Å². The summed E-state index contributed by atoms with van der Waals surface area (Å²) in [5.41, 5.74) is 0. The molecule has 0 bridgehead atoms. The quantitative estimate of drug-likeness (QED) is 0.926. The number of piperazine rings is 1. The molecule has 0 spiro atoms. The lowest BCUT2D eigenvalue weighted by atomic mass is 10.1. The first-order valence-electron chi connectivity index (χ1n) is 7.64. The molecular formula is C15H26ClN3S. The number of rotatable bonds is 3. The number of hydrogen-bond acceptors (Lipinski definition) is 4. The summed E-state index contributed by atoms with van der Waals surface area (Å²) < 4.78 is 0. The first kappa shape index (κ1) is 16.2. The van der Waals surface area contributed by atoms with Gasteiger partial charge in [-0.25, -0.2) is 4.98 Å². The molecule has 2 unspecified atom stereocenters. The average molecular weight is 316 g/mol. The van der Waals surface area contributed by atoms with Gasteiger partial charge in [-0.05, 0) is 26.7 Å². The predicted molar refractivity (Wildman–Crippen MR) is 87.9 cm³/mol. The maximum atomic E-state index is 4.68. The highest BCUT2D eigenvalue weighted by atomic mass is 35.5. The van der Waals surface area contributed by atoms with Crippen molar-refractivity contribution in [1.82, 2.24) is 15.2 Å². The van der Waals surface area contributed by atoms with E-state index in [1.165, 1.54) is 35.6 Å². The van der Waals surface area contributed by atoms with Gasteiger partial charge in [-0.1, -0.05) is 12.8 Å². The average Bonchev–Trinajstić information content (AvgIpc) is 3.04. The summed E-state index contributed by atoms with van der Waals surface area (Å²) in [5.74, 6) is 0.762. The zero-order valence-electron chi connectivity index (χ0n) is 12.5. The molecule has 1 aromatic rings. The van der Waals surface area contributed by atoms with Gasteiger partial charge in [-0.2, -0.15) is 0 Å². The zero-order chi connectivity index (χ0) is 13.2. The van der Waals surface area contributed by atoms with E-state index in [0.717, 1.165) is 25.6 Å². The van der Waals surface area contributed by atoms with Gasteiger partial charge in [0.05, 0.1) is 5.01 Å². The van der Waals surface area contributed by atoms with Crippen LogP contribution in [0.4, 0.5) is 0 Å². The second-order valence-electron chi connectivity index (χ2n) is 6.23. The van der Waals surface area contributed by atoms with Crippen molar-refractivity contribution in [3.8, 4) is 0 Å². The van der Waals surface area contributed by atoms with Crippen molar-refractivity contribution in [2.24, 2.45) is 0 Å². The Morgan fingerprint density at radius 3 is 2.85 bits per heavy atom. The molecule has 1 aromatic heterocycles. The van der Waals surface area contributed by atoms with Crippen LogP contribution in [0.15, 0.2) is 6.20 Å². The van der Waals surface area contributed by atoms with Crippen LogP contribution in [-0.2, 0) is 6.54 Å². The van der Waals surface area contributed by atoms with Crippen LogP contribution in [0.3, 0.4) is 0 Å². The molecule has 0 radical (unpaired) electrons. The summed E-state index contributed by atoms with van der Waals surface area (Å²) in [4.78, 5) is 8.72. The fraction of sp³-hybridized carbons (Fsp3) is 0.800. The van der Waals surface area contributed by atoms with Crippen LogP contribution in [0, 0.1) is 0 Å². The van der Waals surface area contributed by atoms with Gasteiger partial charge in [0, 0.05) is 48.7 Å². The third-order valence-corrected chi connectivity index (χ3v) is 5.67. The predicted octanol–water partition coefficient (Wildman–Crippen LogP) is 3.40. The van der Waals surface area contributed by atoms with Gasteiger partial charge in [0.15, 0.2) is 0 Å². The zero-order valence-corrected chi connectivity index (χ0v) is 14.1. The highest BCUT2D eigenvalue weighted by molar-refractivity contribution is 7.11. The van der Waals surface area contributed by atoms with Crippen LogP contribution >= 0.6 is 23.7 Å². The third-order valence-electron chi connectivity index (χ3n) is 4.53. The number of thiazole rings is 1. The minimum absolute atomic E-state index is 0. The Bertz CT molecular complexity index is 417. The van der Waals surface area contributed by atoms with Crippen molar-refractivity contribution >= 4 is 23.7 Å². The molecule has 2 heterocycles. The largest absolute Gasteiger partial charge is 0.311 e. The monoisotopic (exact) mass is 315 g/mol. The molecular weight excluding hydrogens is 290 g/mol. The lowest BCUT2D eigenvalue weighted by Crippen LogP contribution is -2.53. The van der Waals surface area contributed by atoms with E-state index in [1.807, 2.05) is 11.3 Å². The minimum Gasteiger partial charge on any atom is -0.311 e. The molecule has 1 aliphatic heterocycles. The summed E-state index contributed by atoms with van der Waals surface area (Å²) >= 11 is 1.95. The number of nitrogens with one attached hydrogen (secondary N) is 1. The fourth-order valence-electron chi connectivity index (χ4n) is 3.27. The van der Waals surface area contributed by atoms with E-state index in [1.54, 1.807) is 0 Å². The summed E-state index contributed by atoms with van der Waals surface area (Å²) in [6, 6.07) is 1.24. The molecule has 20 heavy (non-hydrogen) atoms. The highest BCUT2D eigenvalue weighted by Crippen LogP contribution is 2.36. The SMILES string of the molecule is CC1CN(Cc2cnc(C3CCCC3)s2)C(C)CN1.Cl. The van der Waals surface area contributed by atoms with Gasteiger partial charge < -0.3 is 5.32 Å². The Morgan fingerprint density at radius 1 is 1.35 bits per heavy atom. The molecule has 1 N–H and O–H groups in total. The molecule has 0 amide bonds. The van der Waals surface area contributed by atoms with Gasteiger partial charge in [0.1, 0.15) is 0 Å². The highest BCUT2D eigenvalue weighted by Gasteiger charge is 2.24. The van der Waals surface area contributed by atoms with Crippen LogP contribution in [-0.4, -0.2) is 35.1 Å². The molecule has 0 aromatic carbocycles. The molecule has 114 valence electrons. The lowest BCUT2D eigenvalue weighted by molar-refractivity contribution is 0.140. The van der Waals surface area contributed by atoms with E-state index < -0.39 is 0 Å². The van der Waals surface area contributed by atoms with E-state index in [2.05, 4.69) is 35.2 Å². The topological polar surface area (TPSA) is 28.2 Å². The maximum Gasteiger partial charge on any atom is 0.0959 e. The van der Waals surface area contributed by atoms with Gasteiger partial charge in [-0.3, -0.25) is 4.90 Å². The number of hydrogen-bond donors (Lipinski definition) is 1. The Balaban J connectivity index is 0.00000147. The Labute approximate surface area is 132 Å². The molecule has 2 atom stereocenters. The van der Waals surface area contributed by atoms with Crippen molar-refractivity contribution in [2.45, 2.75) is 64.1 Å². The van der Waals surface area contributed by atoms with Gasteiger partial charge in [-0.15, -0.1) is 23.7 Å². The van der Waals surface area contributed by atoms with E-state index >= 15 is 0 Å². The second kappa shape index (κ2) is 7.21. The maximum absolute atomic E-state index is 4.68. The van der Waals surface area contributed by atoms with Gasteiger partial charge >= 0.3 is 0 Å². The van der Waals surface area contributed by atoms with E-state index in [4.69, 9.17) is 0 Å². The summed E-state index contributed by atoms with van der Waals surface area (Å²) in [6.45, 7) is 7.93. The van der Waals surface area contributed by atoms with E-state index in [0.29, 0.717) is 12.1 Å². The first-order chi connectivity index (χ1) is 9.22.